The van der Waals surface area contributed by atoms with Gasteiger partial charge in [0.15, 0.2) is 0 Å². The molecule has 0 radical (unpaired) electrons. The summed E-state index contributed by atoms with van der Waals surface area (Å²) in [7, 11) is 0. The molecule has 0 N–H and O–H groups in total. The van der Waals surface area contributed by atoms with Gasteiger partial charge >= 0.3 is 21.1 Å². The molecule has 0 fully saturated rings. The molecule has 9 aromatic carbocycles. The second-order valence-corrected chi connectivity index (χ2v) is 19.9. The maximum Gasteiger partial charge on any atom is 4.00 e. The summed E-state index contributed by atoms with van der Waals surface area (Å²) in [5.74, 6) is 0. The van der Waals surface area contributed by atoms with Crippen LogP contribution < -0.4 is 24.5 Å². The quantitative estimate of drug-likeness (QED) is 0.134. The first-order valence-corrected chi connectivity index (χ1v) is 23.8. The number of anilines is 11. The van der Waals surface area contributed by atoms with Crippen molar-refractivity contribution in [3.05, 3.63) is 249 Å². The van der Waals surface area contributed by atoms with E-state index in [1.54, 1.807) is 0 Å². The fourth-order valence-electron chi connectivity index (χ4n) is 9.53. The standard InChI is InChI=1S/C64H55N5.Pt/c1-63(2,3)48-36-38-55(46-22-10-7-11-23-46)61(40-48)67-44-65(57-32-16-18-34-59(57)67)51-28-20-30-53(42-51)69(50-26-14-9-15-27-50)54-31-21-29-52(43-54)66-45-68(60-35-19-17-33-58(60)66)62-41-49(64(4,5)6)37-39-56(62)47-24-12-8-13-25-47;/h7-41,44-45H,1-6H3;/q-4;+4. The van der Waals surface area contributed by atoms with Crippen molar-refractivity contribution in [2.24, 2.45) is 0 Å². The number of rotatable bonds is 9. The molecule has 0 aromatic heterocycles. The summed E-state index contributed by atoms with van der Waals surface area (Å²) < 4.78 is 0. The normalized spacial score (nSPS) is 13.2. The summed E-state index contributed by atoms with van der Waals surface area (Å²) >= 11 is 0. The Morgan fingerprint density at radius 3 is 1.10 bits per heavy atom. The van der Waals surface area contributed by atoms with Crippen LogP contribution in [0.25, 0.3) is 22.3 Å². The maximum absolute atomic E-state index is 3.89. The van der Waals surface area contributed by atoms with Crippen molar-refractivity contribution in [2.45, 2.75) is 52.4 Å². The van der Waals surface area contributed by atoms with Gasteiger partial charge in [0.2, 0.25) is 0 Å². The third-order valence-corrected chi connectivity index (χ3v) is 13.2. The summed E-state index contributed by atoms with van der Waals surface area (Å²) in [5.41, 5.74) is 18.5. The molecule has 6 heteroatoms. The summed E-state index contributed by atoms with van der Waals surface area (Å²) in [6.07, 6.45) is 0. The van der Waals surface area contributed by atoms with E-state index in [4.69, 9.17) is 0 Å². The molecule has 70 heavy (non-hydrogen) atoms. The molecule has 0 saturated carbocycles. The minimum absolute atomic E-state index is 0. The Morgan fingerprint density at radius 2 is 0.714 bits per heavy atom. The van der Waals surface area contributed by atoms with Crippen molar-refractivity contribution in [3.8, 4) is 22.3 Å². The van der Waals surface area contributed by atoms with E-state index in [2.05, 4.69) is 304 Å². The van der Waals surface area contributed by atoms with Crippen molar-refractivity contribution in [1.29, 1.82) is 0 Å². The Bertz CT molecular complexity index is 3080. The van der Waals surface area contributed by atoms with Crippen molar-refractivity contribution in [1.82, 2.24) is 0 Å². The number of para-hydroxylation sites is 5. The Hall–Kier alpha value is -7.33. The zero-order valence-corrected chi connectivity index (χ0v) is 42.7. The molecule has 0 aliphatic carbocycles. The topological polar surface area (TPSA) is 16.2 Å². The number of nitrogens with zero attached hydrogens (tertiary/aromatic N) is 5. The first-order valence-electron chi connectivity index (χ1n) is 23.8. The maximum atomic E-state index is 3.89. The van der Waals surface area contributed by atoms with Crippen molar-refractivity contribution >= 4 is 62.6 Å². The van der Waals surface area contributed by atoms with Crippen LogP contribution in [0.1, 0.15) is 52.7 Å². The third-order valence-electron chi connectivity index (χ3n) is 13.2. The van der Waals surface area contributed by atoms with E-state index in [9.17, 15) is 0 Å². The van der Waals surface area contributed by atoms with Gasteiger partial charge in [0.05, 0.1) is 0 Å². The van der Waals surface area contributed by atoms with Gasteiger partial charge in [-0.25, -0.2) is 0 Å². The molecule has 0 atom stereocenters. The average Bonchev–Trinajstić information content (AvgIpc) is 3.96. The van der Waals surface area contributed by atoms with Crippen LogP contribution >= 0.6 is 0 Å². The smallest absolute Gasteiger partial charge is 0.493 e. The first kappa shape index (κ1) is 46.4. The zero-order chi connectivity index (χ0) is 47.3. The molecule has 0 unspecified atom stereocenters. The van der Waals surface area contributed by atoms with Gasteiger partial charge < -0.3 is 24.5 Å². The van der Waals surface area contributed by atoms with E-state index in [0.29, 0.717) is 0 Å². The molecular formula is C64H55N5Pt. The van der Waals surface area contributed by atoms with Gasteiger partial charge in [-0.05, 0) is 81.6 Å². The Morgan fingerprint density at radius 1 is 0.357 bits per heavy atom. The fourth-order valence-corrected chi connectivity index (χ4v) is 9.53. The molecule has 9 aromatic rings. The Kier molecular flexibility index (Phi) is 12.5. The van der Waals surface area contributed by atoms with E-state index >= 15 is 0 Å². The van der Waals surface area contributed by atoms with E-state index in [-0.39, 0.29) is 31.9 Å². The number of fused-ring (bicyclic) bond motifs is 2. The molecule has 11 rings (SSSR count). The second-order valence-electron chi connectivity index (χ2n) is 19.9. The largest absolute Gasteiger partial charge is 4.00 e. The van der Waals surface area contributed by atoms with E-state index in [1.165, 1.54) is 33.4 Å². The summed E-state index contributed by atoms with van der Waals surface area (Å²) in [6, 6.07) is 83.7. The van der Waals surface area contributed by atoms with Crippen LogP contribution in [0.5, 0.6) is 0 Å². The number of hydrogen-bond donors (Lipinski definition) is 0. The van der Waals surface area contributed by atoms with Crippen molar-refractivity contribution < 1.29 is 21.1 Å². The molecule has 0 spiro atoms. The molecule has 0 amide bonds. The fraction of sp³-hybridized carbons (Fsp3) is 0.125. The van der Waals surface area contributed by atoms with Crippen LogP contribution in [0.2, 0.25) is 0 Å². The zero-order valence-electron chi connectivity index (χ0n) is 40.4. The van der Waals surface area contributed by atoms with Crippen LogP contribution in [0.15, 0.2) is 212 Å². The van der Waals surface area contributed by atoms with Crippen LogP contribution in [-0.2, 0) is 31.9 Å². The van der Waals surface area contributed by atoms with Crippen molar-refractivity contribution in [2.75, 3.05) is 24.5 Å². The Labute approximate surface area is 429 Å². The average molecular weight is 1090 g/mol. The monoisotopic (exact) mass is 1090 g/mol. The minimum Gasteiger partial charge on any atom is -0.493 e. The molecule has 0 bridgehead atoms. The summed E-state index contributed by atoms with van der Waals surface area (Å²) in [5, 5.41) is 0. The van der Waals surface area contributed by atoms with Gasteiger partial charge in [0.1, 0.15) is 0 Å². The van der Waals surface area contributed by atoms with Gasteiger partial charge in [-0.2, -0.15) is 12.1 Å². The van der Waals surface area contributed by atoms with Gasteiger partial charge in [0, 0.05) is 50.9 Å². The van der Waals surface area contributed by atoms with Crippen LogP contribution in [0, 0.1) is 25.5 Å². The van der Waals surface area contributed by atoms with Crippen LogP contribution in [-0.4, -0.2) is 0 Å². The molecule has 346 valence electrons. The van der Waals surface area contributed by atoms with Gasteiger partial charge in [-0.15, -0.1) is 61.1 Å². The molecule has 2 heterocycles. The van der Waals surface area contributed by atoms with Crippen LogP contribution in [0.4, 0.5) is 62.6 Å². The summed E-state index contributed by atoms with van der Waals surface area (Å²) in [4.78, 5) is 11.5. The molecule has 2 aliphatic heterocycles. The van der Waals surface area contributed by atoms with Crippen LogP contribution in [0.3, 0.4) is 0 Å². The Balaban J connectivity index is 0.00000567. The van der Waals surface area contributed by atoms with E-state index < -0.39 is 0 Å². The second kappa shape index (κ2) is 18.9. The predicted octanol–water partition coefficient (Wildman–Crippen LogP) is 17.5. The van der Waals surface area contributed by atoms with Gasteiger partial charge in [-0.3, -0.25) is 0 Å². The molecule has 0 saturated heterocycles. The predicted molar refractivity (Wildman–Crippen MR) is 290 cm³/mol. The van der Waals surface area contributed by atoms with E-state index in [1.807, 2.05) is 0 Å². The molecule has 2 aliphatic rings. The molecule has 5 nitrogen and oxygen atoms in total. The number of hydrogen-bond acceptors (Lipinski definition) is 5. The van der Waals surface area contributed by atoms with E-state index in [0.717, 1.165) is 62.6 Å². The third kappa shape index (κ3) is 8.80. The van der Waals surface area contributed by atoms with Crippen molar-refractivity contribution in [3.63, 3.8) is 0 Å². The van der Waals surface area contributed by atoms with Gasteiger partial charge in [-0.1, -0.05) is 180 Å². The SMILES string of the molecule is CC(C)(C)c1ccc(-c2ccccc2)c(N2[CH-]N(c3[c-]c(N(c4[c-]c(N5[CH-]N(c6cc(C(C)(C)C)ccc6-c6ccccc6)c6ccccc65)ccc4)c4ccccc4)ccc3)c3ccccc32)c1.[Pt+4]. The van der Waals surface area contributed by atoms with Gasteiger partial charge in [0.25, 0.3) is 0 Å². The minimum atomic E-state index is -0.0280. The molecular weight excluding hydrogens is 1030 g/mol. The first-order chi connectivity index (χ1) is 33.5. The summed E-state index contributed by atoms with van der Waals surface area (Å²) in [6.45, 7) is 18.1. The number of benzene rings is 9.